The minimum absolute atomic E-state index is 0.254. The molecule has 4 rings (SSSR count). The second-order valence-electron chi connectivity index (χ2n) is 5.64. The molecule has 0 saturated carbocycles. The lowest BCUT2D eigenvalue weighted by atomic mass is 10.2. The van der Waals surface area contributed by atoms with Crippen LogP contribution in [0.15, 0.2) is 55.0 Å². The largest absolute Gasteiger partial charge is 0.308 e. The third-order valence-electron chi connectivity index (χ3n) is 3.91. The van der Waals surface area contributed by atoms with Gasteiger partial charge in [-0.25, -0.2) is 9.07 Å². The van der Waals surface area contributed by atoms with Crippen LogP contribution in [0.5, 0.6) is 0 Å². The third kappa shape index (κ3) is 3.24. The number of rotatable bonds is 5. The Bertz CT molecular complexity index is 1090. The summed E-state index contributed by atoms with van der Waals surface area (Å²) in [5.74, 6) is -0.388. The number of hydrogen-bond acceptors (Lipinski definition) is 5. The van der Waals surface area contributed by atoms with E-state index in [0.717, 1.165) is 11.4 Å². The Morgan fingerprint density at radius 1 is 1.19 bits per heavy atom. The summed E-state index contributed by atoms with van der Waals surface area (Å²) in [5.41, 5.74) is 0.548. The number of halogens is 1. The van der Waals surface area contributed by atoms with E-state index < -0.39 is 5.82 Å². The molecule has 27 heavy (non-hydrogen) atoms. The van der Waals surface area contributed by atoms with Crippen molar-refractivity contribution < 1.29 is 9.18 Å². The fourth-order valence-electron chi connectivity index (χ4n) is 2.64. The van der Waals surface area contributed by atoms with Crippen molar-refractivity contribution in [2.75, 3.05) is 5.32 Å². The van der Waals surface area contributed by atoms with Gasteiger partial charge in [0, 0.05) is 12.4 Å². The normalized spacial score (nSPS) is 10.9. The Labute approximate surface area is 158 Å². The minimum atomic E-state index is -0.433. The summed E-state index contributed by atoms with van der Waals surface area (Å²) in [4.78, 5) is 12.8. The van der Waals surface area contributed by atoms with E-state index >= 15 is 0 Å². The van der Waals surface area contributed by atoms with E-state index in [4.69, 9.17) is 0 Å². The number of amides is 1. The highest BCUT2D eigenvalue weighted by atomic mass is 32.1. The number of aryl methyl sites for hydroxylation is 1. The van der Waals surface area contributed by atoms with Gasteiger partial charge in [-0.3, -0.25) is 10.1 Å². The summed E-state index contributed by atoms with van der Waals surface area (Å²) in [7, 11) is 0. The lowest BCUT2D eigenvalue weighted by Gasteiger charge is -2.11. The van der Waals surface area contributed by atoms with Gasteiger partial charge in [-0.05, 0) is 30.7 Å². The Morgan fingerprint density at radius 2 is 1.96 bits per heavy atom. The first kappa shape index (κ1) is 17.1. The third-order valence-corrected chi connectivity index (χ3v) is 4.89. The topological polar surface area (TPSA) is 77.6 Å². The Hall–Kier alpha value is -3.33. The molecule has 136 valence electrons. The Morgan fingerprint density at radius 3 is 2.67 bits per heavy atom. The zero-order valence-electron chi connectivity index (χ0n) is 14.3. The maximum absolute atomic E-state index is 14.3. The Kier molecular flexibility index (Phi) is 4.51. The number of nitrogens with zero attached hydrogens (tertiary/aromatic N) is 5. The molecule has 0 aliphatic rings. The molecule has 0 saturated heterocycles. The number of aromatic nitrogens is 5. The van der Waals surface area contributed by atoms with E-state index in [-0.39, 0.29) is 11.6 Å². The van der Waals surface area contributed by atoms with Crippen molar-refractivity contribution in [1.29, 1.82) is 0 Å². The number of nitrogens with one attached hydrogen (secondary N) is 1. The SMILES string of the molecule is CCc1nnc(NC(=O)c2cnn(-c3ccccc3F)c2-n2cccc2)s1. The average Bonchev–Trinajstić information content (AvgIpc) is 3.41. The molecule has 0 aliphatic heterocycles. The quantitative estimate of drug-likeness (QED) is 0.573. The number of carbonyl (C=O) groups excluding carboxylic acids is 1. The molecule has 0 unspecified atom stereocenters. The molecule has 1 amide bonds. The predicted octanol–water partition coefficient (Wildman–Crippen LogP) is 3.47. The number of carbonyl (C=O) groups is 1. The van der Waals surface area contributed by atoms with Crippen molar-refractivity contribution in [3.63, 3.8) is 0 Å². The van der Waals surface area contributed by atoms with Gasteiger partial charge in [-0.1, -0.05) is 30.4 Å². The highest BCUT2D eigenvalue weighted by Crippen LogP contribution is 2.23. The van der Waals surface area contributed by atoms with Crippen LogP contribution >= 0.6 is 11.3 Å². The molecule has 1 N–H and O–H groups in total. The van der Waals surface area contributed by atoms with E-state index in [1.165, 1.54) is 28.3 Å². The summed E-state index contributed by atoms with van der Waals surface area (Å²) in [6, 6.07) is 9.91. The molecule has 3 aromatic heterocycles. The first-order valence-electron chi connectivity index (χ1n) is 8.27. The fraction of sp³-hybridized carbons (Fsp3) is 0.111. The number of hydrogen-bond donors (Lipinski definition) is 1. The molecule has 0 atom stereocenters. The van der Waals surface area contributed by atoms with Crippen LogP contribution < -0.4 is 5.32 Å². The van der Waals surface area contributed by atoms with E-state index in [1.54, 1.807) is 35.2 Å². The lowest BCUT2D eigenvalue weighted by molar-refractivity contribution is 0.102. The smallest absolute Gasteiger partial charge is 0.262 e. The number of para-hydroxylation sites is 1. The fourth-order valence-corrected chi connectivity index (χ4v) is 3.31. The van der Waals surface area contributed by atoms with Gasteiger partial charge in [0.15, 0.2) is 5.82 Å². The lowest BCUT2D eigenvalue weighted by Crippen LogP contribution is -2.15. The van der Waals surface area contributed by atoms with E-state index in [1.807, 2.05) is 19.1 Å². The van der Waals surface area contributed by atoms with Crippen LogP contribution in [-0.4, -0.2) is 30.5 Å². The molecule has 4 aromatic rings. The van der Waals surface area contributed by atoms with E-state index in [9.17, 15) is 9.18 Å². The molecular formula is C18H15FN6OS. The second-order valence-corrected chi connectivity index (χ2v) is 6.71. The van der Waals surface area contributed by atoms with Crippen LogP contribution in [0.3, 0.4) is 0 Å². The highest BCUT2D eigenvalue weighted by Gasteiger charge is 2.22. The first-order chi connectivity index (χ1) is 13.2. The van der Waals surface area contributed by atoms with Gasteiger partial charge in [0.05, 0.1) is 6.20 Å². The minimum Gasteiger partial charge on any atom is -0.308 e. The Balaban J connectivity index is 1.77. The van der Waals surface area contributed by atoms with Crippen molar-refractivity contribution >= 4 is 22.4 Å². The molecule has 0 spiro atoms. The number of benzene rings is 1. The van der Waals surface area contributed by atoms with Crippen LogP contribution in [0.2, 0.25) is 0 Å². The van der Waals surface area contributed by atoms with Gasteiger partial charge in [-0.2, -0.15) is 5.10 Å². The molecule has 0 fully saturated rings. The molecule has 3 heterocycles. The molecule has 0 bridgehead atoms. The van der Waals surface area contributed by atoms with Gasteiger partial charge >= 0.3 is 0 Å². The zero-order valence-corrected chi connectivity index (χ0v) is 15.2. The van der Waals surface area contributed by atoms with Crippen LogP contribution in [0.1, 0.15) is 22.3 Å². The van der Waals surface area contributed by atoms with Crippen molar-refractivity contribution in [3.8, 4) is 11.5 Å². The molecule has 9 heteroatoms. The summed E-state index contributed by atoms with van der Waals surface area (Å²) in [6.45, 7) is 1.97. The molecule has 0 radical (unpaired) electrons. The van der Waals surface area contributed by atoms with Crippen molar-refractivity contribution in [2.45, 2.75) is 13.3 Å². The summed E-state index contributed by atoms with van der Waals surface area (Å²) in [5, 5.41) is 16.2. The summed E-state index contributed by atoms with van der Waals surface area (Å²) in [6.07, 6.45) is 5.70. The second kappa shape index (κ2) is 7.12. The standard InChI is InChI=1S/C18H15FN6OS/c1-2-15-22-23-18(27-15)21-16(26)12-11-20-25(14-8-4-3-7-13(14)19)17(12)24-9-5-6-10-24/h3-11H,2H2,1H3,(H,21,23,26). The first-order valence-corrected chi connectivity index (χ1v) is 9.09. The van der Waals surface area contributed by atoms with Gasteiger partial charge < -0.3 is 4.57 Å². The maximum Gasteiger partial charge on any atom is 0.262 e. The van der Waals surface area contributed by atoms with Crippen LogP contribution in [-0.2, 0) is 6.42 Å². The molecular weight excluding hydrogens is 367 g/mol. The molecule has 1 aromatic carbocycles. The van der Waals surface area contributed by atoms with Gasteiger partial charge in [0.1, 0.15) is 22.1 Å². The molecule has 7 nitrogen and oxygen atoms in total. The van der Waals surface area contributed by atoms with Crippen molar-refractivity contribution in [1.82, 2.24) is 24.5 Å². The van der Waals surface area contributed by atoms with Crippen molar-refractivity contribution in [3.05, 3.63) is 71.4 Å². The highest BCUT2D eigenvalue weighted by molar-refractivity contribution is 7.15. The van der Waals surface area contributed by atoms with Crippen LogP contribution in [0.25, 0.3) is 11.5 Å². The van der Waals surface area contributed by atoms with E-state index in [2.05, 4.69) is 20.6 Å². The van der Waals surface area contributed by atoms with Gasteiger partial charge in [0.2, 0.25) is 5.13 Å². The van der Waals surface area contributed by atoms with Gasteiger partial charge in [-0.15, -0.1) is 10.2 Å². The van der Waals surface area contributed by atoms with Crippen LogP contribution in [0, 0.1) is 5.82 Å². The number of anilines is 1. The van der Waals surface area contributed by atoms with E-state index in [0.29, 0.717) is 16.5 Å². The molecule has 0 aliphatic carbocycles. The average molecular weight is 382 g/mol. The maximum atomic E-state index is 14.3. The van der Waals surface area contributed by atoms with Gasteiger partial charge in [0.25, 0.3) is 5.91 Å². The summed E-state index contributed by atoms with van der Waals surface area (Å²) >= 11 is 1.32. The zero-order chi connectivity index (χ0) is 18.8. The predicted molar refractivity (Wildman–Crippen MR) is 100 cm³/mol. The van der Waals surface area contributed by atoms with Crippen LogP contribution in [0.4, 0.5) is 9.52 Å². The van der Waals surface area contributed by atoms with Crippen molar-refractivity contribution in [2.24, 2.45) is 0 Å². The summed E-state index contributed by atoms with van der Waals surface area (Å²) < 4.78 is 17.4. The monoisotopic (exact) mass is 382 g/mol.